The number of aromatic nitrogens is 2. The lowest BCUT2D eigenvalue weighted by Gasteiger charge is -2.16. The van der Waals surface area contributed by atoms with Crippen molar-refractivity contribution in [2.45, 2.75) is 39.5 Å². The van der Waals surface area contributed by atoms with E-state index in [-0.39, 0.29) is 0 Å². The Morgan fingerprint density at radius 2 is 2.00 bits per heavy atom. The summed E-state index contributed by atoms with van der Waals surface area (Å²) in [6.45, 7) is 3.83. The average molecular weight is 246 g/mol. The largest absolute Gasteiger partial charge is 0.805 e. The standard InChI is InChI=1S/C14H18N2O2/c1-3-4-5-8-12-11(2)15(17)13-9-6-7-10-14(13)16(12)18/h6-7,9-10H,3-5,8H2,1-2H3. The van der Waals surface area contributed by atoms with Crippen LogP contribution in [0.4, 0.5) is 0 Å². The molecule has 4 nitrogen and oxygen atoms in total. The number of benzene rings is 1. The summed E-state index contributed by atoms with van der Waals surface area (Å²) in [5.74, 6) is 0. The van der Waals surface area contributed by atoms with Crippen LogP contribution in [0.25, 0.3) is 11.0 Å². The lowest BCUT2D eigenvalue weighted by atomic mass is 10.1. The molecule has 1 heterocycles. The van der Waals surface area contributed by atoms with Gasteiger partial charge >= 0.3 is 0 Å². The molecule has 96 valence electrons. The molecule has 4 heteroatoms. The molecule has 2 rings (SSSR count). The number of para-hydroxylation sites is 2. The number of unbranched alkanes of at least 4 members (excludes halogenated alkanes) is 2. The summed E-state index contributed by atoms with van der Waals surface area (Å²) in [5, 5.41) is 12.1. The fraction of sp³-hybridized carbons (Fsp3) is 0.429. The number of rotatable bonds is 4. The Morgan fingerprint density at radius 1 is 1.28 bits per heavy atom. The first-order valence-electron chi connectivity index (χ1n) is 6.40. The molecule has 0 saturated carbocycles. The molecule has 0 fully saturated rings. The Hall–Kier alpha value is -1.84. The van der Waals surface area contributed by atoms with E-state index in [1.165, 1.54) is 0 Å². The molecule has 0 aliphatic heterocycles. The van der Waals surface area contributed by atoms with E-state index >= 15 is 0 Å². The number of hydrogen-bond acceptors (Lipinski definition) is 2. The van der Waals surface area contributed by atoms with Crippen LogP contribution in [0.2, 0.25) is 0 Å². The first-order valence-corrected chi connectivity index (χ1v) is 6.40. The summed E-state index contributed by atoms with van der Waals surface area (Å²) in [7, 11) is 0. The highest BCUT2D eigenvalue weighted by Crippen LogP contribution is 2.15. The molecule has 0 spiro atoms. The Kier molecular flexibility index (Phi) is 3.65. The van der Waals surface area contributed by atoms with E-state index in [2.05, 4.69) is 6.92 Å². The van der Waals surface area contributed by atoms with Gasteiger partial charge in [0, 0.05) is 17.4 Å². The molecule has 0 saturated heterocycles. The molecule has 0 bridgehead atoms. The normalized spacial score (nSPS) is 11.0. The van der Waals surface area contributed by atoms with Crippen molar-refractivity contribution in [3.63, 3.8) is 0 Å². The zero-order chi connectivity index (χ0) is 13.1. The topological polar surface area (TPSA) is 51.0 Å². The maximum absolute atomic E-state index is 12.3. The summed E-state index contributed by atoms with van der Waals surface area (Å²) in [6.07, 6.45) is 3.78. The molecule has 0 atom stereocenters. The summed E-state index contributed by atoms with van der Waals surface area (Å²) in [6, 6.07) is 6.92. The molecule has 0 amide bonds. The minimum Gasteiger partial charge on any atom is -0.805 e. The molecule has 1 aromatic heterocycles. The monoisotopic (exact) mass is 246 g/mol. The lowest BCUT2D eigenvalue weighted by Crippen LogP contribution is -2.26. The summed E-state index contributed by atoms with van der Waals surface area (Å²) >= 11 is 0. The van der Waals surface area contributed by atoms with Crippen LogP contribution >= 0.6 is 0 Å². The maximum atomic E-state index is 12.3. The van der Waals surface area contributed by atoms with Crippen LogP contribution < -0.4 is 4.43 Å². The Labute approximate surface area is 106 Å². The van der Waals surface area contributed by atoms with Gasteiger partial charge < -0.3 is 9.94 Å². The highest BCUT2D eigenvalue weighted by Gasteiger charge is 2.18. The van der Waals surface area contributed by atoms with Crippen LogP contribution in [-0.4, -0.2) is 4.73 Å². The average Bonchev–Trinajstić information content (AvgIpc) is 2.40. The molecule has 2 aromatic rings. The van der Waals surface area contributed by atoms with Crippen molar-refractivity contribution in [1.82, 2.24) is 4.73 Å². The predicted octanol–water partition coefficient (Wildman–Crippen LogP) is 2.94. The second-order valence-electron chi connectivity index (χ2n) is 4.57. The van der Waals surface area contributed by atoms with Crippen LogP contribution in [0.3, 0.4) is 0 Å². The van der Waals surface area contributed by atoms with Crippen molar-refractivity contribution < 1.29 is 4.43 Å². The van der Waals surface area contributed by atoms with Gasteiger partial charge in [-0.3, -0.25) is 0 Å². The van der Waals surface area contributed by atoms with E-state index in [0.717, 1.165) is 28.4 Å². The van der Waals surface area contributed by atoms with Crippen molar-refractivity contribution in [2.75, 3.05) is 0 Å². The second kappa shape index (κ2) is 5.21. The molecule has 0 radical (unpaired) electrons. The van der Waals surface area contributed by atoms with Gasteiger partial charge in [0.15, 0.2) is 0 Å². The summed E-state index contributed by atoms with van der Waals surface area (Å²) in [4.78, 5) is 12.3. The molecule has 1 aromatic carbocycles. The predicted molar refractivity (Wildman–Crippen MR) is 72.0 cm³/mol. The third kappa shape index (κ3) is 2.10. The maximum Gasteiger partial charge on any atom is 0.286 e. The highest BCUT2D eigenvalue weighted by molar-refractivity contribution is 5.72. The molecule has 0 unspecified atom stereocenters. The van der Waals surface area contributed by atoms with Gasteiger partial charge in [0.2, 0.25) is 0 Å². The molecule has 0 aliphatic rings. The van der Waals surface area contributed by atoms with Gasteiger partial charge in [-0.1, -0.05) is 31.9 Å². The van der Waals surface area contributed by atoms with E-state index in [9.17, 15) is 10.1 Å². The number of nitrogens with zero attached hydrogens (tertiary/aromatic N) is 2. The van der Waals surface area contributed by atoms with E-state index in [1.807, 2.05) is 0 Å². The molecule has 18 heavy (non-hydrogen) atoms. The van der Waals surface area contributed by atoms with Crippen molar-refractivity contribution >= 4 is 11.0 Å². The van der Waals surface area contributed by atoms with Crippen LogP contribution in [0.1, 0.15) is 37.6 Å². The second-order valence-corrected chi connectivity index (χ2v) is 4.57. The van der Waals surface area contributed by atoms with Gasteiger partial charge in [-0.25, -0.2) is 0 Å². The van der Waals surface area contributed by atoms with Gasteiger partial charge in [-0.05, 0) is 19.4 Å². The van der Waals surface area contributed by atoms with Gasteiger partial charge in [0.25, 0.3) is 11.2 Å². The van der Waals surface area contributed by atoms with Crippen LogP contribution in [-0.2, 0) is 6.42 Å². The van der Waals surface area contributed by atoms with Gasteiger partial charge in [0.05, 0.1) is 10.1 Å². The van der Waals surface area contributed by atoms with Gasteiger partial charge in [0.1, 0.15) is 5.52 Å². The summed E-state index contributed by atoms with van der Waals surface area (Å²) < 4.78 is 1.78. The van der Waals surface area contributed by atoms with E-state index < -0.39 is 0 Å². The first kappa shape index (κ1) is 12.6. The summed E-state index contributed by atoms with van der Waals surface area (Å²) in [5.41, 5.74) is 1.99. The number of hydrogen-bond donors (Lipinski definition) is 0. The van der Waals surface area contributed by atoms with Crippen LogP contribution in [0.5, 0.6) is 0 Å². The Balaban J connectivity index is 2.56. The van der Waals surface area contributed by atoms with E-state index in [1.54, 1.807) is 31.2 Å². The first-order chi connectivity index (χ1) is 8.66. The third-order valence-electron chi connectivity index (χ3n) is 3.30. The minimum atomic E-state index is 0.434. The van der Waals surface area contributed by atoms with Crippen LogP contribution in [0, 0.1) is 17.0 Å². The van der Waals surface area contributed by atoms with Gasteiger partial charge in [-0.15, -0.1) is 0 Å². The smallest absolute Gasteiger partial charge is 0.286 e. The van der Waals surface area contributed by atoms with Crippen molar-refractivity contribution in [3.8, 4) is 0 Å². The Bertz CT molecular complexity index is 617. The molecular formula is C14H18N2O2. The van der Waals surface area contributed by atoms with Crippen molar-refractivity contribution in [1.29, 1.82) is 0 Å². The molecule has 0 aliphatic carbocycles. The number of fused-ring (bicyclic) bond motifs is 1. The quantitative estimate of drug-likeness (QED) is 0.615. The highest BCUT2D eigenvalue weighted by atomic mass is 16.5. The third-order valence-corrected chi connectivity index (χ3v) is 3.30. The van der Waals surface area contributed by atoms with Crippen molar-refractivity contribution in [3.05, 3.63) is 45.8 Å². The van der Waals surface area contributed by atoms with Crippen LogP contribution in [0.15, 0.2) is 24.3 Å². The molecule has 0 N–H and O–H groups in total. The zero-order valence-electron chi connectivity index (χ0n) is 10.8. The van der Waals surface area contributed by atoms with Gasteiger partial charge in [-0.2, -0.15) is 0 Å². The van der Waals surface area contributed by atoms with E-state index in [0.29, 0.717) is 28.8 Å². The van der Waals surface area contributed by atoms with E-state index in [4.69, 9.17) is 0 Å². The fourth-order valence-electron chi connectivity index (χ4n) is 2.22. The van der Waals surface area contributed by atoms with Crippen molar-refractivity contribution in [2.24, 2.45) is 0 Å². The zero-order valence-corrected chi connectivity index (χ0v) is 10.8. The molecular weight excluding hydrogens is 228 g/mol. The Morgan fingerprint density at radius 3 is 2.72 bits per heavy atom. The minimum absolute atomic E-state index is 0.434. The fourth-order valence-corrected chi connectivity index (χ4v) is 2.22. The lowest BCUT2D eigenvalue weighted by molar-refractivity contribution is -0.476. The SMILES string of the molecule is CCCCCc1c(C)n([O-])c2ccccc2[n+]1=O.